The Kier molecular flexibility index (Phi) is 2.34. The third kappa shape index (κ3) is 2.01. The molecule has 0 aliphatic carbocycles. The maximum atomic E-state index is 13.1. The Morgan fingerprint density at radius 2 is 1.69 bits per heavy atom. The quantitative estimate of drug-likeness (QED) is 0.674. The average molecular weight is 189 g/mol. The zero-order valence-electron chi connectivity index (χ0n) is 7.37. The zero-order chi connectivity index (χ0) is 10.2. The minimum atomic E-state index is -1.21. The summed E-state index contributed by atoms with van der Waals surface area (Å²) >= 11 is 0. The predicted molar refractivity (Wildman–Crippen MR) is 43.5 cm³/mol. The first-order valence-corrected chi connectivity index (χ1v) is 3.76. The van der Waals surface area contributed by atoms with Crippen molar-refractivity contribution in [3.8, 4) is 0 Å². The molecule has 0 saturated heterocycles. The van der Waals surface area contributed by atoms with Crippen molar-refractivity contribution >= 4 is 0 Å². The number of rotatable bonds is 1. The van der Waals surface area contributed by atoms with E-state index in [0.717, 1.165) is 6.07 Å². The highest BCUT2D eigenvalue weighted by Crippen LogP contribution is 2.23. The van der Waals surface area contributed by atoms with Crippen molar-refractivity contribution in [3.63, 3.8) is 0 Å². The predicted octanol–water partition coefficient (Wildman–Crippen LogP) is 2.30. The van der Waals surface area contributed by atoms with Gasteiger partial charge in [0, 0.05) is 17.2 Å². The summed E-state index contributed by atoms with van der Waals surface area (Å²) < 4.78 is 38.4. The average Bonchev–Trinajstić information content (AvgIpc) is 1.94. The standard InChI is InChI=1S/C9H10F3N/c1-9(2,13)6-3-5(10)4-7(11)8(6)12/h3-4H,13H2,1-2H3. The third-order valence-corrected chi connectivity index (χ3v) is 1.69. The van der Waals surface area contributed by atoms with E-state index in [0.29, 0.717) is 6.07 Å². The van der Waals surface area contributed by atoms with Crippen molar-refractivity contribution in [2.75, 3.05) is 0 Å². The topological polar surface area (TPSA) is 26.0 Å². The Morgan fingerprint density at radius 1 is 1.15 bits per heavy atom. The molecule has 72 valence electrons. The summed E-state index contributed by atoms with van der Waals surface area (Å²) in [6.45, 7) is 2.95. The van der Waals surface area contributed by atoms with Gasteiger partial charge in [-0.1, -0.05) is 0 Å². The SMILES string of the molecule is CC(C)(N)c1cc(F)cc(F)c1F. The van der Waals surface area contributed by atoms with Crippen LogP contribution in [0.2, 0.25) is 0 Å². The van der Waals surface area contributed by atoms with Gasteiger partial charge in [0.25, 0.3) is 0 Å². The van der Waals surface area contributed by atoms with E-state index in [4.69, 9.17) is 5.73 Å². The van der Waals surface area contributed by atoms with Gasteiger partial charge in [-0.3, -0.25) is 0 Å². The molecule has 0 aliphatic rings. The van der Waals surface area contributed by atoms with Crippen LogP contribution in [-0.4, -0.2) is 0 Å². The van der Waals surface area contributed by atoms with Gasteiger partial charge in [0.15, 0.2) is 11.6 Å². The molecule has 0 aliphatic heterocycles. The second kappa shape index (κ2) is 3.03. The number of hydrogen-bond acceptors (Lipinski definition) is 1. The molecular weight excluding hydrogens is 179 g/mol. The fourth-order valence-corrected chi connectivity index (χ4v) is 1.02. The van der Waals surface area contributed by atoms with Crippen molar-refractivity contribution in [2.24, 2.45) is 5.73 Å². The number of nitrogens with two attached hydrogens (primary N) is 1. The van der Waals surface area contributed by atoms with Crippen molar-refractivity contribution in [2.45, 2.75) is 19.4 Å². The molecule has 1 rings (SSSR count). The van der Waals surface area contributed by atoms with E-state index < -0.39 is 23.0 Å². The molecule has 4 heteroatoms. The Bertz CT molecular complexity index is 328. The van der Waals surface area contributed by atoms with Crippen molar-refractivity contribution in [1.82, 2.24) is 0 Å². The highest BCUT2D eigenvalue weighted by Gasteiger charge is 2.22. The summed E-state index contributed by atoms with van der Waals surface area (Å²) in [5.74, 6) is -3.13. The molecule has 0 heterocycles. The molecule has 0 bridgehead atoms. The van der Waals surface area contributed by atoms with Gasteiger partial charge in [-0.05, 0) is 19.9 Å². The largest absolute Gasteiger partial charge is 0.322 e. The summed E-state index contributed by atoms with van der Waals surface area (Å²) in [5.41, 5.74) is 4.27. The first-order chi connectivity index (χ1) is 5.82. The van der Waals surface area contributed by atoms with Gasteiger partial charge in [0.05, 0.1) is 0 Å². The lowest BCUT2D eigenvalue weighted by Crippen LogP contribution is -2.30. The zero-order valence-corrected chi connectivity index (χ0v) is 7.37. The van der Waals surface area contributed by atoms with Crippen LogP contribution in [0.25, 0.3) is 0 Å². The Morgan fingerprint density at radius 3 is 2.15 bits per heavy atom. The Labute approximate surface area is 74.4 Å². The van der Waals surface area contributed by atoms with Crippen LogP contribution in [-0.2, 0) is 5.54 Å². The minimum Gasteiger partial charge on any atom is -0.322 e. The van der Waals surface area contributed by atoms with Gasteiger partial charge in [-0.25, -0.2) is 13.2 Å². The summed E-state index contributed by atoms with van der Waals surface area (Å²) in [6, 6.07) is 1.39. The van der Waals surface area contributed by atoms with Crippen LogP contribution >= 0.6 is 0 Å². The summed E-state index contributed by atoms with van der Waals surface area (Å²) in [5, 5.41) is 0. The van der Waals surface area contributed by atoms with Crippen molar-refractivity contribution in [1.29, 1.82) is 0 Å². The fraction of sp³-hybridized carbons (Fsp3) is 0.333. The van der Waals surface area contributed by atoms with Crippen LogP contribution in [0.15, 0.2) is 12.1 Å². The molecule has 0 radical (unpaired) electrons. The Balaban J connectivity index is 3.37. The maximum absolute atomic E-state index is 13.1. The summed E-state index contributed by atoms with van der Waals surface area (Å²) in [6.07, 6.45) is 0. The van der Waals surface area contributed by atoms with E-state index in [1.54, 1.807) is 0 Å². The third-order valence-electron chi connectivity index (χ3n) is 1.69. The highest BCUT2D eigenvalue weighted by molar-refractivity contribution is 5.26. The lowest BCUT2D eigenvalue weighted by molar-refractivity contribution is 0.444. The molecule has 1 nitrogen and oxygen atoms in total. The smallest absolute Gasteiger partial charge is 0.164 e. The molecule has 0 fully saturated rings. The molecular formula is C9H10F3N. The van der Waals surface area contributed by atoms with Crippen molar-refractivity contribution < 1.29 is 13.2 Å². The van der Waals surface area contributed by atoms with Crippen LogP contribution in [0.5, 0.6) is 0 Å². The molecule has 0 amide bonds. The lowest BCUT2D eigenvalue weighted by Gasteiger charge is -2.19. The van der Waals surface area contributed by atoms with E-state index in [1.807, 2.05) is 0 Å². The summed E-state index contributed by atoms with van der Waals surface area (Å²) in [7, 11) is 0. The molecule has 0 saturated carbocycles. The highest BCUT2D eigenvalue weighted by atomic mass is 19.2. The number of benzene rings is 1. The van der Waals surface area contributed by atoms with E-state index in [9.17, 15) is 13.2 Å². The maximum Gasteiger partial charge on any atom is 0.164 e. The van der Waals surface area contributed by atoms with Gasteiger partial charge in [0.2, 0.25) is 0 Å². The molecule has 2 N–H and O–H groups in total. The van der Waals surface area contributed by atoms with E-state index in [1.165, 1.54) is 13.8 Å². The van der Waals surface area contributed by atoms with Gasteiger partial charge >= 0.3 is 0 Å². The van der Waals surface area contributed by atoms with Crippen LogP contribution in [0.4, 0.5) is 13.2 Å². The molecule has 0 unspecified atom stereocenters. The molecule has 0 atom stereocenters. The second-order valence-electron chi connectivity index (χ2n) is 3.47. The number of hydrogen-bond donors (Lipinski definition) is 1. The van der Waals surface area contributed by atoms with Gasteiger partial charge in [-0.2, -0.15) is 0 Å². The van der Waals surface area contributed by atoms with Crippen molar-refractivity contribution in [3.05, 3.63) is 35.1 Å². The number of halogens is 3. The van der Waals surface area contributed by atoms with E-state index >= 15 is 0 Å². The minimum absolute atomic E-state index is 0.162. The lowest BCUT2D eigenvalue weighted by atomic mass is 9.95. The van der Waals surface area contributed by atoms with Crippen LogP contribution in [0.1, 0.15) is 19.4 Å². The van der Waals surface area contributed by atoms with Crippen LogP contribution < -0.4 is 5.73 Å². The Hall–Kier alpha value is -1.03. The van der Waals surface area contributed by atoms with E-state index in [-0.39, 0.29) is 5.56 Å². The molecule has 13 heavy (non-hydrogen) atoms. The van der Waals surface area contributed by atoms with Crippen LogP contribution in [0, 0.1) is 17.5 Å². The first kappa shape index (κ1) is 10.1. The normalized spacial score (nSPS) is 11.8. The summed E-state index contributed by atoms with van der Waals surface area (Å²) in [4.78, 5) is 0. The van der Waals surface area contributed by atoms with E-state index in [2.05, 4.69) is 0 Å². The molecule has 0 spiro atoms. The van der Waals surface area contributed by atoms with Crippen LogP contribution in [0.3, 0.4) is 0 Å². The van der Waals surface area contributed by atoms with Gasteiger partial charge < -0.3 is 5.73 Å². The molecule has 1 aromatic carbocycles. The molecule has 1 aromatic rings. The fourth-order valence-electron chi connectivity index (χ4n) is 1.02. The van der Waals surface area contributed by atoms with Gasteiger partial charge in [-0.15, -0.1) is 0 Å². The molecule has 0 aromatic heterocycles. The first-order valence-electron chi connectivity index (χ1n) is 3.76. The second-order valence-corrected chi connectivity index (χ2v) is 3.47. The monoisotopic (exact) mass is 189 g/mol. The van der Waals surface area contributed by atoms with Gasteiger partial charge in [0.1, 0.15) is 5.82 Å².